The van der Waals surface area contributed by atoms with E-state index in [4.69, 9.17) is 0 Å². The van der Waals surface area contributed by atoms with Crippen molar-refractivity contribution in [3.05, 3.63) is 133 Å². The summed E-state index contributed by atoms with van der Waals surface area (Å²) in [5, 5.41) is 7.54. The molecule has 0 saturated heterocycles. The zero-order valence-corrected chi connectivity index (χ0v) is 19.6. The number of aromatic nitrogens is 2. The van der Waals surface area contributed by atoms with Crippen LogP contribution in [-0.4, -0.2) is 9.13 Å². The van der Waals surface area contributed by atoms with Crippen LogP contribution in [0.5, 0.6) is 0 Å². The Labute approximate surface area is 208 Å². The second-order valence-corrected chi connectivity index (χ2v) is 9.44. The Balaban J connectivity index is 1.64. The highest BCUT2D eigenvalue weighted by Gasteiger charge is 2.23. The fourth-order valence-corrected chi connectivity index (χ4v) is 5.92. The summed E-state index contributed by atoms with van der Waals surface area (Å²) < 4.78 is 4.92. The molecule has 8 rings (SSSR count). The van der Waals surface area contributed by atoms with Crippen LogP contribution >= 0.6 is 0 Å². The van der Waals surface area contributed by atoms with Crippen LogP contribution in [0.4, 0.5) is 0 Å². The van der Waals surface area contributed by atoms with Crippen molar-refractivity contribution in [3.8, 4) is 11.4 Å². The Bertz CT molecular complexity index is 2090. The van der Waals surface area contributed by atoms with Gasteiger partial charge in [0.25, 0.3) is 0 Å². The first-order valence-electron chi connectivity index (χ1n) is 12.4. The molecule has 0 unspecified atom stereocenters. The smallest absolute Gasteiger partial charge is 0.0804 e. The summed E-state index contributed by atoms with van der Waals surface area (Å²) in [6.07, 6.45) is 0. The third kappa shape index (κ3) is 2.61. The van der Waals surface area contributed by atoms with Crippen molar-refractivity contribution in [1.29, 1.82) is 0 Å². The van der Waals surface area contributed by atoms with Crippen molar-refractivity contribution in [2.45, 2.75) is 0 Å². The van der Waals surface area contributed by atoms with E-state index in [1.807, 2.05) is 0 Å². The first kappa shape index (κ1) is 19.5. The van der Waals surface area contributed by atoms with Gasteiger partial charge < -0.3 is 9.13 Å². The Morgan fingerprint density at radius 1 is 0.333 bits per heavy atom. The van der Waals surface area contributed by atoms with Crippen LogP contribution in [0.15, 0.2) is 133 Å². The average molecular weight is 459 g/mol. The van der Waals surface area contributed by atoms with Crippen LogP contribution in [0.25, 0.3) is 65.8 Å². The minimum atomic E-state index is 1.18. The number of benzene rings is 6. The molecule has 0 bridgehead atoms. The summed E-state index contributed by atoms with van der Waals surface area (Å²) in [4.78, 5) is 0. The molecular weight excluding hydrogens is 436 g/mol. The summed E-state index contributed by atoms with van der Waals surface area (Å²) in [6.45, 7) is 0. The number of para-hydroxylation sites is 2. The van der Waals surface area contributed by atoms with E-state index in [1.54, 1.807) is 0 Å². The number of nitrogens with zero attached hydrogens (tertiary/aromatic N) is 2. The average Bonchev–Trinajstić information content (AvgIpc) is 3.46. The second kappa shape index (κ2) is 7.34. The third-order valence-electron chi connectivity index (χ3n) is 7.46. The molecule has 0 spiro atoms. The van der Waals surface area contributed by atoms with Gasteiger partial charge in [0.2, 0.25) is 0 Å². The molecule has 0 aliphatic carbocycles. The van der Waals surface area contributed by atoms with E-state index in [2.05, 4.69) is 143 Å². The van der Waals surface area contributed by atoms with Gasteiger partial charge in [-0.25, -0.2) is 0 Å². The number of hydrogen-bond acceptors (Lipinski definition) is 0. The van der Waals surface area contributed by atoms with Crippen LogP contribution in [-0.2, 0) is 0 Å². The summed E-state index contributed by atoms with van der Waals surface area (Å²) in [6, 6.07) is 48.2. The molecule has 0 radical (unpaired) electrons. The summed E-state index contributed by atoms with van der Waals surface area (Å²) >= 11 is 0. The van der Waals surface area contributed by atoms with Crippen molar-refractivity contribution in [1.82, 2.24) is 9.13 Å². The highest BCUT2D eigenvalue weighted by Crippen LogP contribution is 2.43. The summed E-state index contributed by atoms with van der Waals surface area (Å²) in [7, 11) is 0. The lowest BCUT2D eigenvalue weighted by atomic mass is 10.1. The van der Waals surface area contributed by atoms with Crippen LogP contribution < -0.4 is 0 Å². The van der Waals surface area contributed by atoms with Gasteiger partial charge in [0.1, 0.15) is 0 Å². The standard InChI is InChI=1S/C34H22N2/c1-2-13-26(14-3-1)36-32-28-15-7-6-11-24(28)19-21-30(32)34-33(36)29-16-8-9-17-31(29)35(34)27-20-18-23-10-4-5-12-25(23)22-27/h1-22H. The zero-order valence-electron chi connectivity index (χ0n) is 19.6. The second-order valence-electron chi connectivity index (χ2n) is 9.44. The maximum absolute atomic E-state index is 2.47. The normalized spacial score (nSPS) is 11.9. The third-order valence-corrected chi connectivity index (χ3v) is 7.46. The largest absolute Gasteiger partial charge is 0.307 e. The molecule has 0 amide bonds. The summed E-state index contributed by atoms with van der Waals surface area (Å²) in [5.41, 5.74) is 7.32. The lowest BCUT2D eigenvalue weighted by Gasteiger charge is -2.11. The fraction of sp³-hybridized carbons (Fsp3) is 0. The quantitative estimate of drug-likeness (QED) is 0.244. The highest BCUT2D eigenvalue weighted by atomic mass is 15.1. The van der Waals surface area contributed by atoms with Gasteiger partial charge in [-0.05, 0) is 46.5 Å². The lowest BCUT2D eigenvalue weighted by molar-refractivity contribution is 1.18. The molecule has 0 fully saturated rings. The molecule has 8 aromatic rings. The van der Waals surface area contributed by atoms with Gasteiger partial charge in [-0.1, -0.05) is 103 Å². The Morgan fingerprint density at radius 3 is 1.83 bits per heavy atom. The van der Waals surface area contributed by atoms with E-state index >= 15 is 0 Å². The number of rotatable bonds is 2. The molecule has 6 aromatic carbocycles. The van der Waals surface area contributed by atoms with Gasteiger partial charge in [0.15, 0.2) is 0 Å². The van der Waals surface area contributed by atoms with Gasteiger partial charge in [-0.2, -0.15) is 0 Å². The zero-order chi connectivity index (χ0) is 23.6. The molecule has 2 aromatic heterocycles. The minimum absolute atomic E-state index is 1.18. The molecule has 2 heterocycles. The van der Waals surface area contributed by atoms with Gasteiger partial charge in [0, 0.05) is 27.5 Å². The van der Waals surface area contributed by atoms with Crippen LogP contribution in [0.1, 0.15) is 0 Å². The van der Waals surface area contributed by atoms with Crippen molar-refractivity contribution < 1.29 is 0 Å². The van der Waals surface area contributed by atoms with E-state index < -0.39 is 0 Å². The Kier molecular flexibility index (Phi) is 3.97. The van der Waals surface area contributed by atoms with Crippen molar-refractivity contribution in [2.75, 3.05) is 0 Å². The maximum Gasteiger partial charge on any atom is 0.0804 e. The van der Waals surface area contributed by atoms with E-state index in [0.717, 1.165) is 0 Å². The van der Waals surface area contributed by atoms with E-state index in [1.165, 1.54) is 65.8 Å². The molecule has 0 atom stereocenters. The van der Waals surface area contributed by atoms with Gasteiger partial charge >= 0.3 is 0 Å². The van der Waals surface area contributed by atoms with Gasteiger partial charge in [0.05, 0.1) is 22.1 Å². The first-order chi connectivity index (χ1) is 17.9. The van der Waals surface area contributed by atoms with E-state index in [-0.39, 0.29) is 0 Å². The van der Waals surface area contributed by atoms with Gasteiger partial charge in [-0.15, -0.1) is 0 Å². The maximum atomic E-state index is 2.47. The highest BCUT2D eigenvalue weighted by molar-refractivity contribution is 6.24. The lowest BCUT2D eigenvalue weighted by Crippen LogP contribution is -1.94. The van der Waals surface area contributed by atoms with Gasteiger partial charge in [-0.3, -0.25) is 0 Å². The van der Waals surface area contributed by atoms with Crippen molar-refractivity contribution in [2.24, 2.45) is 0 Å². The molecule has 0 aliphatic heterocycles. The fourth-order valence-electron chi connectivity index (χ4n) is 5.92. The molecule has 36 heavy (non-hydrogen) atoms. The molecule has 2 nitrogen and oxygen atoms in total. The molecular formula is C34H22N2. The molecule has 2 heteroatoms. The predicted molar refractivity (Wildman–Crippen MR) is 153 cm³/mol. The number of hydrogen-bond donors (Lipinski definition) is 0. The van der Waals surface area contributed by atoms with Crippen molar-refractivity contribution in [3.63, 3.8) is 0 Å². The van der Waals surface area contributed by atoms with E-state index in [9.17, 15) is 0 Å². The van der Waals surface area contributed by atoms with E-state index in [0.29, 0.717) is 0 Å². The van der Waals surface area contributed by atoms with Crippen LogP contribution in [0, 0.1) is 0 Å². The monoisotopic (exact) mass is 458 g/mol. The van der Waals surface area contributed by atoms with Crippen LogP contribution in [0.3, 0.4) is 0 Å². The summed E-state index contributed by atoms with van der Waals surface area (Å²) in [5.74, 6) is 0. The molecule has 168 valence electrons. The minimum Gasteiger partial charge on any atom is -0.307 e. The molecule has 0 aliphatic rings. The predicted octanol–water partition coefficient (Wildman–Crippen LogP) is 9.03. The van der Waals surface area contributed by atoms with Crippen molar-refractivity contribution >= 4 is 54.4 Å². The molecule has 0 saturated carbocycles. The Hall–Kier alpha value is -4.82. The Morgan fingerprint density at radius 2 is 0.972 bits per heavy atom. The SMILES string of the molecule is c1ccc(-n2c3c4ccccc4ccc3c3c2c2ccccc2n3-c2ccc3ccccc3c2)cc1. The van der Waals surface area contributed by atoms with Crippen LogP contribution in [0.2, 0.25) is 0 Å². The molecule has 0 N–H and O–H groups in total. The topological polar surface area (TPSA) is 9.86 Å². The first-order valence-corrected chi connectivity index (χ1v) is 12.4. The number of fused-ring (bicyclic) bond motifs is 8.